The van der Waals surface area contributed by atoms with Gasteiger partial charge < -0.3 is 9.80 Å². The van der Waals surface area contributed by atoms with Crippen LogP contribution in [0.1, 0.15) is 140 Å². The Morgan fingerprint density at radius 3 is 1.11 bits per heavy atom. The molecule has 0 radical (unpaired) electrons. The van der Waals surface area contributed by atoms with E-state index in [1.54, 1.807) is 0 Å². The van der Waals surface area contributed by atoms with E-state index in [1.165, 1.54) is 161 Å². The summed E-state index contributed by atoms with van der Waals surface area (Å²) in [4.78, 5) is 4.99. The largest absolute Gasteiger partial charge is 0.310 e. The van der Waals surface area contributed by atoms with E-state index in [-0.39, 0.29) is 0 Å². The molecule has 0 saturated carbocycles. The average Bonchev–Trinajstić information content (AvgIpc) is 1.56. The zero-order valence-corrected chi connectivity index (χ0v) is 65.7. The molecule has 0 aromatic heterocycles. The number of rotatable bonds is 28. The third-order valence-electron chi connectivity index (χ3n) is 24.5. The van der Waals surface area contributed by atoms with Crippen LogP contribution in [-0.4, -0.2) is 0 Å². The summed E-state index contributed by atoms with van der Waals surface area (Å²) < 4.78 is 0. The minimum Gasteiger partial charge on any atom is -0.310 e. The molecule has 0 amide bonds. The van der Waals surface area contributed by atoms with Crippen LogP contribution >= 0.6 is 0 Å². The van der Waals surface area contributed by atoms with Crippen molar-refractivity contribution in [2.24, 2.45) is 5.92 Å². The summed E-state index contributed by atoms with van der Waals surface area (Å²) in [5.41, 5.74) is 36.6. The normalized spacial score (nSPS) is 15.7. The van der Waals surface area contributed by atoms with Gasteiger partial charge in [-0.1, -0.05) is 364 Å². The molecule has 0 spiro atoms. The fourth-order valence-corrected chi connectivity index (χ4v) is 18.6. The highest BCUT2D eigenvalue weighted by Crippen LogP contribution is 2.59. The minimum absolute atomic E-state index is 0.429. The van der Waals surface area contributed by atoms with Crippen LogP contribution in [0.2, 0.25) is 0 Å². The van der Waals surface area contributed by atoms with Crippen molar-refractivity contribution in [2.75, 3.05) is 9.80 Å². The second kappa shape index (κ2) is 32.9. The predicted molar refractivity (Wildman–Crippen MR) is 483 cm³/mol. The quantitative estimate of drug-likeness (QED) is 0.0451. The van der Waals surface area contributed by atoms with E-state index in [1.807, 2.05) is 12.2 Å². The number of benzene rings is 14. The second-order valence-electron chi connectivity index (χ2n) is 31.6. The number of hydrogen-bond donors (Lipinski definition) is 0. The maximum Gasteiger partial charge on any atom is 0.0504 e. The van der Waals surface area contributed by atoms with Crippen molar-refractivity contribution in [1.82, 2.24) is 0 Å². The van der Waals surface area contributed by atoms with Gasteiger partial charge in [0.15, 0.2) is 0 Å². The highest BCUT2D eigenvalue weighted by molar-refractivity contribution is 5.92. The second-order valence-corrected chi connectivity index (χ2v) is 31.6. The molecule has 2 heteroatoms. The topological polar surface area (TPSA) is 6.48 Å². The van der Waals surface area contributed by atoms with E-state index in [0.717, 1.165) is 90.2 Å². The molecule has 0 fully saturated rings. The van der Waals surface area contributed by atoms with Crippen molar-refractivity contribution < 1.29 is 0 Å². The van der Waals surface area contributed by atoms with Crippen LogP contribution in [0.3, 0.4) is 0 Å². The van der Waals surface area contributed by atoms with E-state index in [0.29, 0.717) is 5.92 Å². The number of aryl methyl sites for hydroxylation is 2. The third-order valence-corrected chi connectivity index (χ3v) is 24.5. The molecular weight excluding hydrogens is 1360 g/mol. The van der Waals surface area contributed by atoms with Gasteiger partial charge in [-0.25, -0.2) is 0 Å². The van der Waals surface area contributed by atoms with Crippen molar-refractivity contribution in [3.8, 4) is 66.8 Å². The first-order valence-electron chi connectivity index (χ1n) is 41.4. The van der Waals surface area contributed by atoms with Crippen LogP contribution in [0, 0.1) is 5.92 Å². The first-order valence-corrected chi connectivity index (χ1v) is 41.4. The molecule has 554 valence electrons. The Morgan fingerprint density at radius 1 is 0.327 bits per heavy atom. The lowest BCUT2D eigenvalue weighted by Crippen LogP contribution is -2.31. The maximum atomic E-state index is 4.11. The van der Waals surface area contributed by atoms with Crippen molar-refractivity contribution in [1.29, 1.82) is 0 Å². The number of hydrogen-bond acceptors (Lipinski definition) is 2. The Labute approximate surface area is 671 Å². The summed E-state index contributed by atoms with van der Waals surface area (Å²) in [6.07, 6.45) is 25.4. The molecule has 0 bridgehead atoms. The van der Waals surface area contributed by atoms with E-state index >= 15 is 0 Å². The molecule has 3 unspecified atom stereocenters. The Morgan fingerprint density at radius 2 is 0.690 bits per heavy atom. The van der Waals surface area contributed by atoms with Gasteiger partial charge in [-0.15, -0.1) is 0 Å². The maximum absolute atomic E-state index is 4.11. The van der Waals surface area contributed by atoms with Gasteiger partial charge in [0.2, 0.25) is 0 Å². The smallest absolute Gasteiger partial charge is 0.0504 e. The minimum atomic E-state index is -0.465. The summed E-state index contributed by atoms with van der Waals surface area (Å²) in [7, 11) is 0. The van der Waals surface area contributed by atoms with Crippen LogP contribution in [0.4, 0.5) is 34.1 Å². The molecule has 14 aromatic carbocycles. The Hall–Kier alpha value is -12.4. The lowest BCUT2D eigenvalue weighted by atomic mass is 9.66. The Bertz CT molecular complexity index is 5750. The molecule has 3 aliphatic carbocycles. The van der Waals surface area contributed by atoms with Gasteiger partial charge in [0.05, 0.1) is 10.8 Å². The molecule has 113 heavy (non-hydrogen) atoms. The van der Waals surface area contributed by atoms with Gasteiger partial charge in [-0.3, -0.25) is 0 Å². The SMILES string of the molecule is C=Cc1ccc(CC2(C3=CCC(C)C=C3)c3ccccc3-c3ccc(N(c4ccc(-c5ccccc5)cc4)c4ccc(-c5cc(CCCCCC)c(-c6ccc(N(c7ccc(-c8ccccc8)cc7)c7ccc8c(c7)C(Cc7ccc(C=C)cc7)(c7ccccc7)c7ccccc7-8)cc6)cc5CCCCCC)cc4)cc32)cc1. The molecule has 0 aliphatic heterocycles. The lowest BCUT2D eigenvalue weighted by Gasteiger charge is -2.36. The molecule has 0 heterocycles. The van der Waals surface area contributed by atoms with Gasteiger partial charge in [0.25, 0.3) is 0 Å². The van der Waals surface area contributed by atoms with E-state index in [2.05, 4.69) is 396 Å². The molecule has 0 N–H and O–H groups in total. The Kier molecular flexibility index (Phi) is 21.4. The molecule has 3 aliphatic rings. The van der Waals surface area contributed by atoms with Gasteiger partial charge in [0.1, 0.15) is 0 Å². The summed E-state index contributed by atoms with van der Waals surface area (Å²) in [6, 6.07) is 127. The first kappa shape index (κ1) is 73.4. The average molecular weight is 1460 g/mol. The van der Waals surface area contributed by atoms with Gasteiger partial charge in [-0.2, -0.15) is 0 Å². The van der Waals surface area contributed by atoms with Crippen molar-refractivity contribution >= 4 is 46.3 Å². The van der Waals surface area contributed by atoms with Crippen molar-refractivity contribution in [2.45, 2.75) is 115 Å². The van der Waals surface area contributed by atoms with Gasteiger partial charge >= 0.3 is 0 Å². The number of allylic oxidation sites excluding steroid dienone is 4. The van der Waals surface area contributed by atoms with E-state index < -0.39 is 10.8 Å². The standard InChI is InChI=1S/C111H100N2/c1-6-10-12-17-33-90-74-105(89-57-67-97(68-58-89)113(95-63-53-87(54-64-95)85-31-21-15-22-32-85)99-70-72-103-101-38-26-28-40-107(101)111(109(103)76-99,93-59-41-79(5)42-60-93)78-83-49-45-81(9-4)46-50-83)91(34-18-13-11-7-2)73-104(90)88-55-65-96(66-56-88)112(94-61-51-86(52-62-94)84-29-19-14-20-30-84)98-69-71-102-100-37-25-27-39-106(100)110(108(102)75-98,92-35-23-16-24-36-92)77-82-47-43-80(8-3)44-48-82/h8-9,14-16,19-32,35-41,43-76,79H,3-4,6-7,10-13,17-18,33-34,42,77-78H2,1-2,5H3. The van der Waals surface area contributed by atoms with Crippen LogP contribution in [0.5, 0.6) is 0 Å². The number of anilines is 6. The van der Waals surface area contributed by atoms with Crippen LogP contribution in [-0.2, 0) is 36.5 Å². The number of fused-ring (bicyclic) bond motifs is 6. The molecule has 14 aromatic rings. The van der Waals surface area contributed by atoms with E-state index in [9.17, 15) is 0 Å². The van der Waals surface area contributed by atoms with Crippen LogP contribution in [0.25, 0.3) is 78.9 Å². The molecule has 0 saturated heterocycles. The summed E-state index contributed by atoms with van der Waals surface area (Å²) in [6.45, 7) is 15.2. The first-order chi connectivity index (χ1) is 55.7. The summed E-state index contributed by atoms with van der Waals surface area (Å²) >= 11 is 0. The predicted octanol–water partition coefficient (Wildman–Crippen LogP) is 30.4. The molecule has 3 atom stereocenters. The lowest BCUT2D eigenvalue weighted by molar-refractivity contribution is 0.608. The summed E-state index contributed by atoms with van der Waals surface area (Å²) in [5.74, 6) is 0.478. The van der Waals surface area contributed by atoms with Crippen LogP contribution in [0.15, 0.2) is 371 Å². The van der Waals surface area contributed by atoms with Gasteiger partial charge in [-0.05, 0) is 257 Å². The number of unbranched alkanes of at least 4 members (excludes halogenated alkanes) is 6. The highest BCUT2D eigenvalue weighted by atomic mass is 15.1. The number of nitrogens with zero attached hydrogens (tertiary/aromatic N) is 2. The monoisotopic (exact) mass is 1460 g/mol. The highest BCUT2D eigenvalue weighted by Gasteiger charge is 2.47. The molecule has 17 rings (SSSR count). The fraction of sp³-hybridized carbons (Fsp3) is 0.171. The zero-order valence-electron chi connectivity index (χ0n) is 65.7. The summed E-state index contributed by atoms with van der Waals surface area (Å²) in [5, 5.41) is 0. The molecule has 2 nitrogen and oxygen atoms in total. The Balaban J connectivity index is 0.776. The van der Waals surface area contributed by atoms with E-state index in [4.69, 9.17) is 0 Å². The third kappa shape index (κ3) is 14.5. The van der Waals surface area contributed by atoms with Crippen molar-refractivity contribution in [3.63, 3.8) is 0 Å². The zero-order chi connectivity index (χ0) is 76.7. The van der Waals surface area contributed by atoms with Gasteiger partial charge in [0, 0.05) is 34.1 Å². The van der Waals surface area contributed by atoms with Crippen LogP contribution < -0.4 is 9.80 Å². The fourth-order valence-electron chi connectivity index (χ4n) is 18.6. The molecular formula is C111H100N2. The van der Waals surface area contributed by atoms with Crippen molar-refractivity contribution in [3.05, 3.63) is 432 Å².